The molecule has 2 N–H and O–H groups in total. The molecule has 1 atom stereocenters. The third kappa shape index (κ3) is 4.46. The Morgan fingerprint density at radius 1 is 1.39 bits per heavy atom. The molecule has 1 aromatic rings. The number of rotatable bonds is 7. The summed E-state index contributed by atoms with van der Waals surface area (Å²) in [5.74, 6) is 0.291. The normalized spacial score (nSPS) is 12.4. The van der Waals surface area contributed by atoms with Crippen LogP contribution in [0.2, 0.25) is 0 Å². The fraction of sp³-hybridized carbons (Fsp3) is 0.500. The molecule has 0 aromatic heterocycles. The maximum absolute atomic E-state index is 8.77. The highest BCUT2D eigenvalue weighted by Gasteiger charge is 2.12. The number of nitrogens with two attached hydrogens (primary N) is 1. The summed E-state index contributed by atoms with van der Waals surface area (Å²) in [6.07, 6.45) is 0. The van der Waals surface area contributed by atoms with E-state index in [-0.39, 0.29) is 0 Å². The summed E-state index contributed by atoms with van der Waals surface area (Å²) in [6, 6.07) is 9.78. The van der Waals surface area contributed by atoms with E-state index in [0.717, 1.165) is 19.7 Å². The van der Waals surface area contributed by atoms with Gasteiger partial charge in [0.2, 0.25) is 0 Å². The predicted molar refractivity (Wildman–Crippen MR) is 72.3 cm³/mol. The van der Waals surface area contributed by atoms with Crippen molar-refractivity contribution >= 4 is 0 Å². The van der Waals surface area contributed by atoms with Crippen LogP contribution in [0.4, 0.5) is 0 Å². The van der Waals surface area contributed by atoms with Crippen molar-refractivity contribution in [2.75, 3.05) is 40.4 Å². The van der Waals surface area contributed by atoms with Crippen molar-refractivity contribution < 1.29 is 4.74 Å². The Bertz CT molecular complexity index is 383. The lowest BCUT2D eigenvalue weighted by molar-refractivity contribution is 0.158. The first-order valence-corrected chi connectivity index (χ1v) is 6.08. The van der Waals surface area contributed by atoms with Gasteiger partial charge in [-0.3, -0.25) is 0 Å². The molecule has 1 rings (SSSR count). The van der Waals surface area contributed by atoms with Crippen LogP contribution in [0.1, 0.15) is 17.0 Å². The molecule has 0 radical (unpaired) electrons. The van der Waals surface area contributed by atoms with Crippen molar-refractivity contribution in [3.63, 3.8) is 0 Å². The van der Waals surface area contributed by atoms with Crippen molar-refractivity contribution in [1.29, 1.82) is 5.26 Å². The highest BCUT2D eigenvalue weighted by atomic mass is 16.5. The number of benzene rings is 1. The molecule has 0 fully saturated rings. The van der Waals surface area contributed by atoms with Crippen LogP contribution in [0.5, 0.6) is 0 Å². The maximum Gasteiger partial charge on any atom is 0.0991 e. The minimum Gasteiger partial charge on any atom is -0.383 e. The van der Waals surface area contributed by atoms with Crippen molar-refractivity contribution in [1.82, 2.24) is 4.90 Å². The summed E-state index contributed by atoms with van der Waals surface area (Å²) in [5.41, 5.74) is 7.69. The number of hydrogen-bond acceptors (Lipinski definition) is 4. The smallest absolute Gasteiger partial charge is 0.0991 e. The number of ether oxygens (including phenoxy) is 1. The fourth-order valence-corrected chi connectivity index (χ4v) is 1.86. The Balaban J connectivity index is 2.62. The van der Waals surface area contributed by atoms with Crippen LogP contribution in [0, 0.1) is 11.3 Å². The van der Waals surface area contributed by atoms with Gasteiger partial charge in [-0.15, -0.1) is 0 Å². The van der Waals surface area contributed by atoms with E-state index in [0.29, 0.717) is 18.0 Å². The zero-order valence-electron chi connectivity index (χ0n) is 11.1. The van der Waals surface area contributed by atoms with E-state index in [9.17, 15) is 0 Å². The summed E-state index contributed by atoms with van der Waals surface area (Å²) < 4.78 is 5.05. The van der Waals surface area contributed by atoms with E-state index in [2.05, 4.69) is 18.0 Å². The molecule has 0 saturated carbocycles. The van der Waals surface area contributed by atoms with E-state index < -0.39 is 0 Å². The lowest BCUT2D eigenvalue weighted by Crippen LogP contribution is -2.31. The van der Waals surface area contributed by atoms with E-state index in [1.807, 2.05) is 24.3 Å². The van der Waals surface area contributed by atoms with Gasteiger partial charge in [-0.05, 0) is 24.7 Å². The molecule has 0 spiro atoms. The molecular weight excluding hydrogens is 226 g/mol. The summed E-state index contributed by atoms with van der Waals surface area (Å²) in [5, 5.41) is 8.77. The Morgan fingerprint density at radius 2 is 2.06 bits per heavy atom. The zero-order valence-corrected chi connectivity index (χ0v) is 11.1. The highest BCUT2D eigenvalue weighted by Crippen LogP contribution is 2.16. The minimum absolute atomic E-state index is 0.291. The van der Waals surface area contributed by atoms with Crippen molar-refractivity contribution in [2.24, 2.45) is 5.73 Å². The Labute approximate surface area is 109 Å². The van der Waals surface area contributed by atoms with Gasteiger partial charge in [-0.25, -0.2) is 0 Å². The average Bonchev–Trinajstić information content (AvgIpc) is 2.42. The molecule has 1 aromatic carbocycles. The van der Waals surface area contributed by atoms with E-state index in [1.54, 1.807) is 7.11 Å². The molecule has 0 bridgehead atoms. The first kappa shape index (κ1) is 14.7. The van der Waals surface area contributed by atoms with Gasteiger partial charge in [0, 0.05) is 32.7 Å². The Hall–Kier alpha value is -1.41. The van der Waals surface area contributed by atoms with Gasteiger partial charge >= 0.3 is 0 Å². The molecular formula is C14H21N3O. The van der Waals surface area contributed by atoms with E-state index in [1.165, 1.54) is 5.56 Å². The van der Waals surface area contributed by atoms with Crippen LogP contribution in [0.15, 0.2) is 24.3 Å². The summed E-state index contributed by atoms with van der Waals surface area (Å²) in [6.45, 7) is 3.11. The van der Waals surface area contributed by atoms with Gasteiger partial charge < -0.3 is 15.4 Å². The number of likely N-dealkylation sites (N-methyl/N-ethyl adjacent to an activating group) is 1. The van der Waals surface area contributed by atoms with Crippen LogP contribution < -0.4 is 5.73 Å². The van der Waals surface area contributed by atoms with Crippen molar-refractivity contribution in [2.45, 2.75) is 5.92 Å². The molecule has 0 aliphatic carbocycles. The number of nitrogens with zero attached hydrogens (tertiary/aromatic N) is 2. The van der Waals surface area contributed by atoms with Gasteiger partial charge in [-0.1, -0.05) is 12.1 Å². The summed E-state index contributed by atoms with van der Waals surface area (Å²) in [4.78, 5) is 2.21. The van der Waals surface area contributed by atoms with Crippen LogP contribution in [-0.4, -0.2) is 45.3 Å². The number of hydrogen-bond donors (Lipinski definition) is 1. The van der Waals surface area contributed by atoms with Gasteiger partial charge in [0.1, 0.15) is 0 Å². The molecule has 0 amide bonds. The molecule has 98 valence electrons. The van der Waals surface area contributed by atoms with Crippen LogP contribution in [0.25, 0.3) is 0 Å². The van der Waals surface area contributed by atoms with E-state index in [4.69, 9.17) is 15.7 Å². The summed E-state index contributed by atoms with van der Waals surface area (Å²) in [7, 11) is 3.76. The quantitative estimate of drug-likeness (QED) is 0.786. The molecule has 1 unspecified atom stereocenters. The van der Waals surface area contributed by atoms with Crippen molar-refractivity contribution in [3.8, 4) is 6.07 Å². The van der Waals surface area contributed by atoms with Gasteiger partial charge in [-0.2, -0.15) is 5.26 Å². The van der Waals surface area contributed by atoms with Gasteiger partial charge in [0.25, 0.3) is 0 Å². The number of methoxy groups -OCH3 is 1. The molecule has 0 heterocycles. The largest absolute Gasteiger partial charge is 0.383 e. The minimum atomic E-state index is 0.291. The second-order valence-corrected chi connectivity index (χ2v) is 4.42. The van der Waals surface area contributed by atoms with E-state index >= 15 is 0 Å². The fourth-order valence-electron chi connectivity index (χ4n) is 1.86. The highest BCUT2D eigenvalue weighted by molar-refractivity contribution is 5.33. The van der Waals surface area contributed by atoms with Gasteiger partial charge in [0.15, 0.2) is 0 Å². The van der Waals surface area contributed by atoms with Gasteiger partial charge in [0.05, 0.1) is 18.2 Å². The third-order valence-corrected chi connectivity index (χ3v) is 3.00. The topological polar surface area (TPSA) is 62.3 Å². The molecule has 0 saturated heterocycles. The molecule has 0 aliphatic rings. The van der Waals surface area contributed by atoms with Crippen LogP contribution >= 0.6 is 0 Å². The molecule has 4 nitrogen and oxygen atoms in total. The second kappa shape index (κ2) is 7.83. The first-order valence-electron chi connectivity index (χ1n) is 6.08. The average molecular weight is 247 g/mol. The second-order valence-electron chi connectivity index (χ2n) is 4.42. The number of nitriles is 1. The Kier molecular flexibility index (Phi) is 6.37. The monoisotopic (exact) mass is 247 g/mol. The van der Waals surface area contributed by atoms with Crippen LogP contribution in [0.3, 0.4) is 0 Å². The molecule has 18 heavy (non-hydrogen) atoms. The SMILES string of the molecule is COCCN(C)CC(CN)c1ccc(C#N)cc1. The third-order valence-electron chi connectivity index (χ3n) is 3.00. The standard InChI is InChI=1S/C14H21N3O/c1-17(7-8-18-2)11-14(10-16)13-5-3-12(9-15)4-6-13/h3-6,14H,7-8,10-11,16H2,1-2H3. The van der Waals surface area contributed by atoms with Crippen LogP contribution in [-0.2, 0) is 4.74 Å². The predicted octanol–water partition coefficient (Wildman–Crippen LogP) is 1.18. The summed E-state index contributed by atoms with van der Waals surface area (Å²) >= 11 is 0. The first-order chi connectivity index (χ1) is 8.71. The van der Waals surface area contributed by atoms with Crippen molar-refractivity contribution in [3.05, 3.63) is 35.4 Å². The zero-order chi connectivity index (χ0) is 13.4. The lowest BCUT2D eigenvalue weighted by atomic mass is 9.97. The molecule has 0 aliphatic heterocycles. The molecule has 4 heteroatoms. The maximum atomic E-state index is 8.77. The lowest BCUT2D eigenvalue weighted by Gasteiger charge is -2.23. The Morgan fingerprint density at radius 3 is 2.56 bits per heavy atom.